The minimum Gasteiger partial charge on any atom is -0.240 e. The van der Waals surface area contributed by atoms with E-state index in [0.29, 0.717) is 0 Å². The number of rotatable bonds is 4. The first-order chi connectivity index (χ1) is 9.79. The van der Waals surface area contributed by atoms with Crippen LogP contribution < -0.4 is 0 Å². The number of nitrogens with zero attached hydrogens (tertiary/aromatic N) is 3. The number of para-hydroxylation sites is 1. The van der Waals surface area contributed by atoms with E-state index in [2.05, 4.69) is 11.0 Å². The third-order valence-corrected chi connectivity index (χ3v) is 5.36. The summed E-state index contributed by atoms with van der Waals surface area (Å²) in [6.07, 6.45) is 8.21. The summed E-state index contributed by atoms with van der Waals surface area (Å²) in [5.41, 5.74) is -0.119. The molecule has 1 aromatic carbocycles. The Morgan fingerprint density at radius 2 is 1.90 bits per heavy atom. The molecular formula is C15H17N3O2S. The molecule has 0 amide bonds. The highest BCUT2D eigenvalue weighted by Crippen LogP contribution is 2.22. The van der Waals surface area contributed by atoms with E-state index in [-0.39, 0.29) is 4.90 Å². The molecule has 0 aliphatic carbocycles. The highest BCUT2D eigenvalue weighted by molar-refractivity contribution is 7.89. The third-order valence-electron chi connectivity index (χ3n) is 3.38. The van der Waals surface area contributed by atoms with Crippen molar-refractivity contribution in [3.8, 4) is 18.0 Å². The van der Waals surface area contributed by atoms with Crippen LogP contribution in [0.15, 0.2) is 47.6 Å². The van der Waals surface area contributed by atoms with Gasteiger partial charge in [0.05, 0.1) is 23.6 Å². The van der Waals surface area contributed by atoms with Crippen molar-refractivity contribution in [1.82, 2.24) is 14.1 Å². The largest absolute Gasteiger partial charge is 0.247 e. The van der Waals surface area contributed by atoms with Crippen LogP contribution in [0.4, 0.5) is 0 Å². The molecule has 0 aliphatic rings. The second-order valence-corrected chi connectivity index (χ2v) is 7.10. The first kappa shape index (κ1) is 15.3. The summed E-state index contributed by atoms with van der Waals surface area (Å²) in [4.78, 5) is 0.108. The number of benzene rings is 1. The van der Waals surface area contributed by atoms with Crippen LogP contribution in [-0.2, 0) is 10.0 Å². The molecule has 0 fully saturated rings. The number of hydrogen-bond donors (Lipinski definition) is 0. The van der Waals surface area contributed by atoms with Crippen molar-refractivity contribution in [3.63, 3.8) is 0 Å². The normalized spacial score (nSPS) is 12.3. The van der Waals surface area contributed by atoms with Crippen molar-refractivity contribution in [3.05, 3.63) is 42.7 Å². The van der Waals surface area contributed by atoms with Crippen LogP contribution in [0.2, 0.25) is 0 Å². The molecule has 21 heavy (non-hydrogen) atoms. The van der Waals surface area contributed by atoms with Crippen LogP contribution in [0.3, 0.4) is 0 Å². The minimum atomic E-state index is -3.69. The molecular weight excluding hydrogens is 286 g/mol. The van der Waals surface area contributed by atoms with Crippen LogP contribution in [0.25, 0.3) is 5.69 Å². The van der Waals surface area contributed by atoms with Gasteiger partial charge in [-0.1, -0.05) is 24.1 Å². The van der Waals surface area contributed by atoms with Crippen LogP contribution in [0.1, 0.15) is 13.8 Å². The van der Waals surface area contributed by atoms with Gasteiger partial charge in [-0.2, -0.15) is 9.40 Å². The van der Waals surface area contributed by atoms with Gasteiger partial charge >= 0.3 is 0 Å². The van der Waals surface area contributed by atoms with Gasteiger partial charge in [-0.3, -0.25) is 0 Å². The Balaban J connectivity index is 2.40. The fraction of sp³-hybridized carbons (Fsp3) is 0.267. The Morgan fingerprint density at radius 1 is 1.29 bits per heavy atom. The molecule has 2 aromatic rings. The quantitative estimate of drug-likeness (QED) is 0.811. The van der Waals surface area contributed by atoms with Crippen LogP contribution >= 0.6 is 0 Å². The van der Waals surface area contributed by atoms with Crippen molar-refractivity contribution in [1.29, 1.82) is 0 Å². The smallest absolute Gasteiger partial charge is 0.240 e. The lowest BCUT2D eigenvalue weighted by atomic mass is 10.1. The molecule has 5 nitrogen and oxygen atoms in total. The Morgan fingerprint density at radius 3 is 2.48 bits per heavy atom. The Hall–Kier alpha value is -2.10. The minimum absolute atomic E-state index is 0.108. The van der Waals surface area contributed by atoms with Gasteiger partial charge in [0.25, 0.3) is 0 Å². The van der Waals surface area contributed by atoms with E-state index in [1.807, 2.05) is 30.3 Å². The molecule has 0 saturated carbocycles. The highest BCUT2D eigenvalue weighted by atomic mass is 32.2. The van der Waals surface area contributed by atoms with Gasteiger partial charge in [0.2, 0.25) is 10.0 Å². The summed E-state index contributed by atoms with van der Waals surface area (Å²) >= 11 is 0. The molecule has 0 bridgehead atoms. The SMILES string of the molecule is C#CC(C)(C)N(C)S(=O)(=O)c1cnn(-c2ccccc2)c1. The number of terminal acetylenes is 1. The molecule has 2 rings (SSSR count). The molecule has 110 valence electrons. The van der Waals surface area contributed by atoms with E-state index in [9.17, 15) is 8.42 Å². The zero-order valence-electron chi connectivity index (χ0n) is 12.2. The van der Waals surface area contributed by atoms with E-state index < -0.39 is 15.6 Å². The van der Waals surface area contributed by atoms with Gasteiger partial charge in [-0.05, 0) is 26.0 Å². The summed E-state index contributed by atoms with van der Waals surface area (Å²) in [5.74, 6) is 2.47. The molecule has 1 heterocycles. The third kappa shape index (κ3) is 2.84. The van der Waals surface area contributed by atoms with Crippen molar-refractivity contribution >= 4 is 10.0 Å². The predicted molar refractivity (Wildman–Crippen MR) is 81.4 cm³/mol. The van der Waals surface area contributed by atoms with E-state index in [1.54, 1.807) is 13.8 Å². The molecule has 0 atom stereocenters. The standard InChI is InChI=1S/C15H17N3O2S/c1-5-15(2,3)17(4)21(19,20)14-11-16-18(12-14)13-9-7-6-8-10-13/h1,6-12H,2-4H3. The summed E-state index contributed by atoms with van der Waals surface area (Å²) in [5, 5.41) is 4.10. The maximum Gasteiger partial charge on any atom is 0.247 e. The van der Waals surface area contributed by atoms with Crippen molar-refractivity contribution in [2.75, 3.05) is 7.05 Å². The second-order valence-electron chi connectivity index (χ2n) is 5.13. The number of hydrogen-bond acceptors (Lipinski definition) is 3. The van der Waals surface area contributed by atoms with Gasteiger partial charge in [0.1, 0.15) is 4.90 Å². The number of sulfonamides is 1. The zero-order chi connectivity index (χ0) is 15.7. The fourth-order valence-corrected chi connectivity index (χ4v) is 3.09. The average molecular weight is 303 g/mol. The van der Waals surface area contributed by atoms with Gasteiger partial charge in [0, 0.05) is 7.05 Å². The second kappa shape index (κ2) is 5.35. The molecule has 1 aromatic heterocycles. The summed E-state index contributed by atoms with van der Waals surface area (Å²) in [6.45, 7) is 3.35. The Kier molecular flexibility index (Phi) is 3.90. The molecule has 0 spiro atoms. The molecule has 0 saturated heterocycles. The van der Waals surface area contributed by atoms with Crippen LogP contribution in [0.5, 0.6) is 0 Å². The lowest BCUT2D eigenvalue weighted by Crippen LogP contribution is -2.43. The summed E-state index contributed by atoms with van der Waals surface area (Å²) in [6, 6.07) is 9.29. The average Bonchev–Trinajstić information content (AvgIpc) is 2.98. The van der Waals surface area contributed by atoms with E-state index in [4.69, 9.17) is 6.42 Å². The topological polar surface area (TPSA) is 55.2 Å². The van der Waals surface area contributed by atoms with E-state index >= 15 is 0 Å². The Bertz CT molecular complexity index is 771. The van der Waals surface area contributed by atoms with Crippen LogP contribution in [-0.4, -0.2) is 35.1 Å². The summed E-state index contributed by atoms with van der Waals surface area (Å²) in [7, 11) is -2.22. The molecule has 0 unspecified atom stereocenters. The maximum atomic E-state index is 12.6. The molecule has 0 N–H and O–H groups in total. The van der Waals surface area contributed by atoms with Crippen molar-refractivity contribution in [2.45, 2.75) is 24.3 Å². The summed E-state index contributed by atoms with van der Waals surface area (Å²) < 4.78 is 27.8. The first-order valence-corrected chi connectivity index (χ1v) is 7.80. The van der Waals surface area contributed by atoms with Gasteiger partial charge in [-0.15, -0.1) is 6.42 Å². The van der Waals surface area contributed by atoms with Gasteiger partial charge in [-0.25, -0.2) is 13.1 Å². The number of aromatic nitrogens is 2. The van der Waals surface area contributed by atoms with Crippen molar-refractivity contribution in [2.24, 2.45) is 0 Å². The van der Waals surface area contributed by atoms with E-state index in [1.165, 1.54) is 28.4 Å². The highest BCUT2D eigenvalue weighted by Gasteiger charge is 2.33. The fourth-order valence-electron chi connectivity index (χ4n) is 1.71. The predicted octanol–water partition coefficient (Wildman–Crippen LogP) is 1.90. The molecule has 6 heteroatoms. The van der Waals surface area contributed by atoms with E-state index in [0.717, 1.165) is 5.69 Å². The van der Waals surface area contributed by atoms with Crippen molar-refractivity contribution < 1.29 is 8.42 Å². The lowest BCUT2D eigenvalue weighted by molar-refractivity contribution is 0.340. The maximum absolute atomic E-state index is 12.6. The van der Waals surface area contributed by atoms with Gasteiger partial charge in [0.15, 0.2) is 0 Å². The lowest BCUT2D eigenvalue weighted by Gasteiger charge is -2.29. The molecule has 0 aliphatic heterocycles. The monoisotopic (exact) mass is 303 g/mol. The van der Waals surface area contributed by atoms with Crippen LogP contribution in [0, 0.1) is 12.3 Å². The van der Waals surface area contributed by atoms with Gasteiger partial charge < -0.3 is 0 Å². The molecule has 0 radical (unpaired) electrons. The first-order valence-electron chi connectivity index (χ1n) is 6.36. The zero-order valence-corrected chi connectivity index (χ0v) is 13.0. The Labute approximate surface area is 125 Å².